The van der Waals surface area contributed by atoms with Crippen LogP contribution in [0.5, 0.6) is 0 Å². The van der Waals surface area contributed by atoms with Gasteiger partial charge >= 0.3 is 5.97 Å². The van der Waals surface area contributed by atoms with E-state index in [1.54, 1.807) is 0 Å². The summed E-state index contributed by atoms with van der Waals surface area (Å²) in [5.41, 5.74) is 1.54. The van der Waals surface area contributed by atoms with E-state index >= 15 is 0 Å². The van der Waals surface area contributed by atoms with Gasteiger partial charge < -0.3 is 15.2 Å². The molecule has 1 saturated heterocycles. The standard InChI is InChI=1S/C18H23NO4/c20-16(19-18(17(21)22)7-9-23-10-8-18)12-13-5-6-14-3-1-2-4-15(14)11-13/h1-4,13H,5-12H2,(H,19,20)(H,21,22). The monoisotopic (exact) mass is 317 g/mol. The lowest BCUT2D eigenvalue weighted by molar-refractivity contribution is -0.152. The van der Waals surface area contributed by atoms with Crippen molar-refractivity contribution in [3.05, 3.63) is 35.4 Å². The SMILES string of the molecule is O=C(CC1CCc2ccccc2C1)NC1(C(=O)O)CCOCC1. The number of hydrogen-bond acceptors (Lipinski definition) is 3. The number of ether oxygens (including phenoxy) is 1. The Balaban J connectivity index is 1.60. The van der Waals surface area contributed by atoms with Crippen LogP contribution in [0.25, 0.3) is 0 Å². The summed E-state index contributed by atoms with van der Waals surface area (Å²) in [4.78, 5) is 24.0. The second-order valence-electron chi connectivity index (χ2n) is 6.63. The first-order valence-corrected chi connectivity index (χ1v) is 8.28. The molecule has 1 aromatic rings. The molecule has 1 heterocycles. The van der Waals surface area contributed by atoms with Gasteiger partial charge in [0.25, 0.3) is 0 Å². The fourth-order valence-corrected chi connectivity index (χ4v) is 3.64. The number of nitrogens with one attached hydrogen (secondary N) is 1. The smallest absolute Gasteiger partial charge is 0.329 e. The van der Waals surface area contributed by atoms with Gasteiger partial charge in [-0.3, -0.25) is 4.79 Å². The molecular weight excluding hydrogens is 294 g/mol. The summed E-state index contributed by atoms with van der Waals surface area (Å²) >= 11 is 0. The van der Waals surface area contributed by atoms with Gasteiger partial charge in [0.15, 0.2) is 0 Å². The number of carbonyl (C=O) groups excluding carboxylic acids is 1. The summed E-state index contributed by atoms with van der Waals surface area (Å²) in [5.74, 6) is -0.822. The van der Waals surface area contributed by atoms with E-state index in [1.165, 1.54) is 11.1 Å². The number of benzene rings is 1. The van der Waals surface area contributed by atoms with Gasteiger partial charge in [-0.1, -0.05) is 24.3 Å². The van der Waals surface area contributed by atoms with Crippen LogP contribution in [-0.4, -0.2) is 35.7 Å². The van der Waals surface area contributed by atoms with Crippen LogP contribution in [-0.2, 0) is 27.2 Å². The Bertz CT molecular complexity index is 592. The van der Waals surface area contributed by atoms with Gasteiger partial charge in [-0.2, -0.15) is 0 Å². The fraction of sp³-hybridized carbons (Fsp3) is 0.556. The lowest BCUT2D eigenvalue weighted by Gasteiger charge is -2.34. The van der Waals surface area contributed by atoms with Crippen molar-refractivity contribution in [1.82, 2.24) is 5.32 Å². The molecule has 0 aromatic heterocycles. The Morgan fingerprint density at radius 1 is 1.22 bits per heavy atom. The number of carboxylic acids is 1. The maximum atomic E-state index is 12.4. The first-order chi connectivity index (χ1) is 11.1. The van der Waals surface area contributed by atoms with Gasteiger partial charge in [-0.25, -0.2) is 4.79 Å². The third-order valence-electron chi connectivity index (χ3n) is 5.06. The molecule has 0 saturated carbocycles. The maximum absolute atomic E-state index is 12.4. The summed E-state index contributed by atoms with van der Waals surface area (Å²) < 4.78 is 5.23. The van der Waals surface area contributed by atoms with Crippen molar-refractivity contribution in [1.29, 1.82) is 0 Å². The van der Waals surface area contributed by atoms with Crippen LogP contribution in [0, 0.1) is 5.92 Å². The predicted molar refractivity (Wildman–Crippen MR) is 85.1 cm³/mol. The molecule has 0 spiro atoms. The zero-order valence-electron chi connectivity index (χ0n) is 13.2. The summed E-state index contributed by atoms with van der Waals surface area (Å²) in [5, 5.41) is 12.3. The summed E-state index contributed by atoms with van der Waals surface area (Å²) in [6, 6.07) is 8.35. The quantitative estimate of drug-likeness (QED) is 0.890. The third kappa shape index (κ3) is 3.55. The van der Waals surface area contributed by atoms with E-state index in [1.807, 2.05) is 12.1 Å². The minimum Gasteiger partial charge on any atom is -0.480 e. The summed E-state index contributed by atoms with van der Waals surface area (Å²) in [6.07, 6.45) is 3.93. The number of rotatable bonds is 4. The zero-order chi connectivity index (χ0) is 16.3. The molecular formula is C18H23NO4. The highest BCUT2D eigenvalue weighted by molar-refractivity contribution is 5.87. The molecule has 1 fully saturated rings. The van der Waals surface area contributed by atoms with Crippen molar-refractivity contribution < 1.29 is 19.4 Å². The number of hydrogen-bond donors (Lipinski definition) is 2. The van der Waals surface area contributed by atoms with E-state index in [2.05, 4.69) is 17.4 Å². The molecule has 2 N–H and O–H groups in total. The molecule has 23 heavy (non-hydrogen) atoms. The molecule has 2 aliphatic rings. The molecule has 5 heteroatoms. The minimum atomic E-state index is -1.15. The highest BCUT2D eigenvalue weighted by Crippen LogP contribution is 2.28. The van der Waals surface area contributed by atoms with Crippen molar-refractivity contribution in [2.75, 3.05) is 13.2 Å². The van der Waals surface area contributed by atoms with Gasteiger partial charge in [0.2, 0.25) is 5.91 Å². The molecule has 0 radical (unpaired) electrons. The summed E-state index contributed by atoms with van der Waals surface area (Å²) in [6.45, 7) is 0.757. The van der Waals surface area contributed by atoms with Gasteiger partial charge in [-0.15, -0.1) is 0 Å². The molecule has 1 atom stereocenters. The molecule has 1 unspecified atom stereocenters. The first kappa shape index (κ1) is 16.0. The zero-order valence-corrected chi connectivity index (χ0v) is 13.2. The average molecular weight is 317 g/mol. The molecule has 1 aliphatic heterocycles. The molecule has 5 nitrogen and oxygen atoms in total. The predicted octanol–water partition coefficient (Wildman–Crippen LogP) is 1.93. The molecule has 1 aromatic carbocycles. The highest BCUT2D eigenvalue weighted by Gasteiger charge is 2.41. The minimum absolute atomic E-state index is 0.154. The van der Waals surface area contributed by atoms with Crippen molar-refractivity contribution in [2.45, 2.75) is 44.1 Å². The Morgan fingerprint density at radius 3 is 2.61 bits per heavy atom. The highest BCUT2D eigenvalue weighted by atomic mass is 16.5. The van der Waals surface area contributed by atoms with E-state index in [-0.39, 0.29) is 11.8 Å². The Morgan fingerprint density at radius 2 is 1.91 bits per heavy atom. The number of aliphatic carboxylic acids is 1. The van der Waals surface area contributed by atoms with Crippen molar-refractivity contribution >= 4 is 11.9 Å². The van der Waals surface area contributed by atoms with E-state index in [0.717, 1.165) is 19.3 Å². The van der Waals surface area contributed by atoms with E-state index < -0.39 is 11.5 Å². The molecule has 0 bridgehead atoms. The Kier molecular flexibility index (Phi) is 4.66. The second-order valence-corrected chi connectivity index (χ2v) is 6.63. The Labute approximate surface area is 136 Å². The average Bonchev–Trinajstić information content (AvgIpc) is 2.55. The molecule has 124 valence electrons. The second kappa shape index (κ2) is 6.71. The van der Waals surface area contributed by atoms with Gasteiger partial charge in [0.05, 0.1) is 0 Å². The van der Waals surface area contributed by atoms with Gasteiger partial charge in [0, 0.05) is 32.5 Å². The van der Waals surface area contributed by atoms with Crippen molar-refractivity contribution in [2.24, 2.45) is 5.92 Å². The lowest BCUT2D eigenvalue weighted by Crippen LogP contribution is -2.57. The third-order valence-corrected chi connectivity index (χ3v) is 5.06. The Hall–Kier alpha value is -1.88. The molecule has 1 aliphatic carbocycles. The van der Waals surface area contributed by atoms with Gasteiger partial charge in [-0.05, 0) is 36.3 Å². The van der Waals surface area contributed by atoms with Crippen LogP contribution >= 0.6 is 0 Å². The lowest BCUT2D eigenvalue weighted by atomic mass is 9.81. The van der Waals surface area contributed by atoms with E-state index in [0.29, 0.717) is 32.5 Å². The molecule has 3 rings (SSSR count). The number of carboxylic acid groups (broad SMARTS) is 1. The van der Waals surface area contributed by atoms with Gasteiger partial charge in [0.1, 0.15) is 5.54 Å². The number of amides is 1. The number of fused-ring (bicyclic) bond motifs is 1. The topological polar surface area (TPSA) is 75.6 Å². The number of aryl methyl sites for hydroxylation is 1. The fourth-order valence-electron chi connectivity index (χ4n) is 3.64. The molecule has 1 amide bonds. The van der Waals surface area contributed by atoms with E-state index in [9.17, 15) is 14.7 Å². The van der Waals surface area contributed by atoms with Crippen LogP contribution < -0.4 is 5.32 Å². The van der Waals surface area contributed by atoms with Crippen LogP contribution in [0.4, 0.5) is 0 Å². The number of carbonyl (C=O) groups is 2. The van der Waals surface area contributed by atoms with Crippen LogP contribution in [0.3, 0.4) is 0 Å². The summed E-state index contributed by atoms with van der Waals surface area (Å²) in [7, 11) is 0. The largest absolute Gasteiger partial charge is 0.480 e. The maximum Gasteiger partial charge on any atom is 0.329 e. The van der Waals surface area contributed by atoms with Crippen LogP contribution in [0.15, 0.2) is 24.3 Å². The van der Waals surface area contributed by atoms with Crippen molar-refractivity contribution in [3.8, 4) is 0 Å². The van der Waals surface area contributed by atoms with Crippen LogP contribution in [0.1, 0.15) is 36.8 Å². The van der Waals surface area contributed by atoms with Crippen LogP contribution in [0.2, 0.25) is 0 Å². The van der Waals surface area contributed by atoms with E-state index in [4.69, 9.17) is 4.74 Å². The first-order valence-electron chi connectivity index (χ1n) is 8.28. The van der Waals surface area contributed by atoms with Crippen molar-refractivity contribution in [3.63, 3.8) is 0 Å². The normalized spacial score (nSPS) is 22.9.